The first kappa shape index (κ1) is 15.3. The molecule has 1 aliphatic rings. The van der Waals surface area contributed by atoms with E-state index in [-0.39, 0.29) is 17.6 Å². The zero-order chi connectivity index (χ0) is 14.8. The van der Waals surface area contributed by atoms with Crippen LogP contribution in [0, 0.1) is 5.92 Å². The van der Waals surface area contributed by atoms with Crippen molar-refractivity contribution in [1.82, 2.24) is 4.98 Å². The van der Waals surface area contributed by atoms with Gasteiger partial charge in [0.05, 0.1) is 17.8 Å². The van der Waals surface area contributed by atoms with E-state index < -0.39 is 17.8 Å². The molecule has 1 heterocycles. The maximum Gasteiger partial charge on any atom is 0.416 e. The number of halogens is 3. The Morgan fingerprint density at radius 2 is 2.15 bits per heavy atom. The number of ether oxygens (including phenoxy) is 1. The van der Waals surface area contributed by atoms with Crippen LogP contribution in [-0.2, 0) is 10.9 Å². The molecule has 1 fully saturated rings. The van der Waals surface area contributed by atoms with E-state index in [9.17, 15) is 18.3 Å². The molecule has 0 bridgehead atoms. The maximum atomic E-state index is 12.8. The highest BCUT2D eigenvalue weighted by molar-refractivity contribution is 5.28. The molecule has 0 radical (unpaired) electrons. The Balaban J connectivity index is 1.98. The summed E-state index contributed by atoms with van der Waals surface area (Å²) in [5.74, 6) is 0.211. The van der Waals surface area contributed by atoms with Gasteiger partial charge in [0.1, 0.15) is 0 Å². The van der Waals surface area contributed by atoms with E-state index in [0.717, 1.165) is 31.3 Å². The number of hydrogen-bond acceptors (Lipinski definition) is 3. The van der Waals surface area contributed by atoms with Gasteiger partial charge in [0.25, 0.3) is 0 Å². The van der Waals surface area contributed by atoms with Gasteiger partial charge in [-0.2, -0.15) is 13.2 Å². The van der Waals surface area contributed by atoms with Crippen molar-refractivity contribution in [3.05, 3.63) is 29.6 Å². The van der Waals surface area contributed by atoms with Crippen LogP contribution in [0.1, 0.15) is 43.4 Å². The molecule has 1 aliphatic carbocycles. The quantitative estimate of drug-likeness (QED) is 0.904. The van der Waals surface area contributed by atoms with Crippen LogP contribution in [0.15, 0.2) is 18.5 Å². The zero-order valence-electron chi connectivity index (χ0n) is 11.2. The lowest BCUT2D eigenvalue weighted by Crippen LogP contribution is -2.32. The van der Waals surface area contributed by atoms with E-state index >= 15 is 0 Å². The molecule has 1 aromatic heterocycles. The molecule has 0 amide bonds. The molecular weight excluding hydrogens is 271 g/mol. The Morgan fingerprint density at radius 1 is 1.45 bits per heavy atom. The molecule has 1 unspecified atom stereocenters. The van der Waals surface area contributed by atoms with Crippen LogP contribution in [-0.4, -0.2) is 22.8 Å². The molecule has 0 aromatic carbocycles. The molecule has 0 saturated heterocycles. The first-order chi connectivity index (χ1) is 9.41. The second-order valence-corrected chi connectivity index (χ2v) is 5.13. The van der Waals surface area contributed by atoms with Crippen LogP contribution < -0.4 is 0 Å². The number of aliphatic hydroxyl groups is 1. The van der Waals surface area contributed by atoms with E-state index in [0.29, 0.717) is 13.0 Å². The molecule has 1 saturated carbocycles. The van der Waals surface area contributed by atoms with Crippen LogP contribution in [0.3, 0.4) is 0 Å². The third kappa shape index (κ3) is 3.49. The monoisotopic (exact) mass is 289 g/mol. The van der Waals surface area contributed by atoms with Gasteiger partial charge in [-0.15, -0.1) is 0 Å². The van der Waals surface area contributed by atoms with Crippen molar-refractivity contribution in [2.45, 2.75) is 44.6 Å². The summed E-state index contributed by atoms with van der Waals surface area (Å²) in [6, 6.07) is 0.905. The molecular formula is C14H18F3NO2. The summed E-state index contributed by atoms with van der Waals surface area (Å²) in [4.78, 5) is 3.69. The van der Waals surface area contributed by atoms with E-state index in [1.165, 1.54) is 0 Å². The Bertz CT molecular complexity index is 444. The van der Waals surface area contributed by atoms with Gasteiger partial charge in [0.15, 0.2) is 0 Å². The van der Waals surface area contributed by atoms with Gasteiger partial charge < -0.3 is 9.84 Å². The van der Waals surface area contributed by atoms with Crippen LogP contribution in [0.25, 0.3) is 0 Å². The van der Waals surface area contributed by atoms with Crippen molar-refractivity contribution in [3.63, 3.8) is 0 Å². The highest BCUT2D eigenvalue weighted by Crippen LogP contribution is 2.40. The number of aromatic nitrogens is 1. The highest BCUT2D eigenvalue weighted by Gasteiger charge is 2.37. The fourth-order valence-electron chi connectivity index (χ4n) is 2.61. The summed E-state index contributed by atoms with van der Waals surface area (Å²) in [7, 11) is 0. The largest absolute Gasteiger partial charge is 0.416 e. The zero-order valence-corrected chi connectivity index (χ0v) is 11.2. The van der Waals surface area contributed by atoms with Crippen molar-refractivity contribution < 1.29 is 23.0 Å². The molecule has 0 spiro atoms. The van der Waals surface area contributed by atoms with Gasteiger partial charge in [-0.05, 0) is 38.2 Å². The summed E-state index contributed by atoms with van der Waals surface area (Å²) < 4.78 is 43.9. The standard InChI is InChI=1S/C14H18F3NO2/c1-2-20-10-5-9(6-10)7-13(19)11-8-18-4-3-12(11)14(15,16)17/h3-4,8-10,13,19H,2,5-7H2,1H3. The Kier molecular flexibility index (Phi) is 4.65. The van der Waals surface area contributed by atoms with Gasteiger partial charge in [-0.3, -0.25) is 4.98 Å². The summed E-state index contributed by atoms with van der Waals surface area (Å²) in [6.45, 7) is 2.55. The van der Waals surface area contributed by atoms with Gasteiger partial charge >= 0.3 is 6.18 Å². The smallest absolute Gasteiger partial charge is 0.388 e. The first-order valence-electron chi connectivity index (χ1n) is 6.72. The highest BCUT2D eigenvalue weighted by atomic mass is 19.4. The number of nitrogens with zero attached hydrogens (tertiary/aromatic N) is 1. The fourth-order valence-corrected chi connectivity index (χ4v) is 2.61. The number of alkyl halides is 3. The molecule has 2 rings (SSSR count). The lowest BCUT2D eigenvalue weighted by atomic mass is 9.77. The van der Waals surface area contributed by atoms with Crippen molar-refractivity contribution in [2.24, 2.45) is 5.92 Å². The first-order valence-corrected chi connectivity index (χ1v) is 6.72. The predicted octanol–water partition coefficient (Wildman–Crippen LogP) is 3.34. The molecule has 20 heavy (non-hydrogen) atoms. The summed E-state index contributed by atoms with van der Waals surface area (Å²) in [6.07, 6.45) is -1.30. The van der Waals surface area contributed by atoms with Crippen LogP contribution in [0.4, 0.5) is 13.2 Å². The SMILES string of the molecule is CCOC1CC(CC(O)c2cnccc2C(F)(F)F)C1. The van der Waals surface area contributed by atoms with E-state index in [4.69, 9.17) is 4.74 Å². The Labute approximate surface area is 115 Å². The lowest BCUT2D eigenvalue weighted by Gasteiger charge is -2.36. The average Bonchev–Trinajstić information content (AvgIpc) is 2.35. The number of rotatable bonds is 5. The number of pyridine rings is 1. The topological polar surface area (TPSA) is 42.4 Å². The minimum absolute atomic E-state index is 0.139. The molecule has 1 N–H and O–H groups in total. The van der Waals surface area contributed by atoms with Crippen molar-refractivity contribution in [1.29, 1.82) is 0 Å². The molecule has 1 aromatic rings. The third-order valence-electron chi connectivity index (χ3n) is 3.67. The lowest BCUT2D eigenvalue weighted by molar-refractivity contribution is -0.139. The second-order valence-electron chi connectivity index (χ2n) is 5.13. The van der Waals surface area contributed by atoms with Crippen molar-refractivity contribution in [2.75, 3.05) is 6.61 Å². The van der Waals surface area contributed by atoms with E-state index in [1.807, 2.05) is 6.92 Å². The Morgan fingerprint density at radius 3 is 2.75 bits per heavy atom. The predicted molar refractivity (Wildman–Crippen MR) is 67.0 cm³/mol. The normalized spacial score (nSPS) is 24.2. The van der Waals surface area contributed by atoms with Gasteiger partial charge in [0.2, 0.25) is 0 Å². The minimum Gasteiger partial charge on any atom is -0.388 e. The molecule has 1 atom stereocenters. The van der Waals surface area contributed by atoms with Gasteiger partial charge in [-0.1, -0.05) is 0 Å². The molecule has 112 valence electrons. The van der Waals surface area contributed by atoms with Crippen LogP contribution in [0.5, 0.6) is 0 Å². The van der Waals surface area contributed by atoms with E-state index in [2.05, 4.69) is 4.98 Å². The molecule has 3 nitrogen and oxygen atoms in total. The van der Waals surface area contributed by atoms with E-state index in [1.54, 1.807) is 0 Å². The van der Waals surface area contributed by atoms with Crippen LogP contribution >= 0.6 is 0 Å². The third-order valence-corrected chi connectivity index (χ3v) is 3.67. The summed E-state index contributed by atoms with van der Waals surface area (Å²) in [5.41, 5.74) is -0.944. The summed E-state index contributed by atoms with van der Waals surface area (Å²) >= 11 is 0. The minimum atomic E-state index is -4.47. The average molecular weight is 289 g/mol. The van der Waals surface area contributed by atoms with Gasteiger partial charge in [0, 0.05) is 24.6 Å². The number of hydrogen-bond donors (Lipinski definition) is 1. The van der Waals surface area contributed by atoms with Crippen molar-refractivity contribution in [3.8, 4) is 0 Å². The molecule has 6 heteroatoms. The second kappa shape index (κ2) is 6.10. The van der Waals surface area contributed by atoms with Crippen molar-refractivity contribution >= 4 is 0 Å². The van der Waals surface area contributed by atoms with Gasteiger partial charge in [-0.25, -0.2) is 0 Å². The fraction of sp³-hybridized carbons (Fsp3) is 0.643. The number of aliphatic hydroxyl groups excluding tert-OH is 1. The summed E-state index contributed by atoms with van der Waals surface area (Å²) in [5, 5.41) is 10.0. The maximum absolute atomic E-state index is 12.8. The molecule has 0 aliphatic heterocycles. The van der Waals surface area contributed by atoms with Crippen LogP contribution in [0.2, 0.25) is 0 Å². The Hall–Kier alpha value is -1.14.